The van der Waals surface area contributed by atoms with Gasteiger partial charge in [-0.3, -0.25) is 4.79 Å². The maximum Gasteiger partial charge on any atom is 0.348 e. The fraction of sp³-hybridized carbons (Fsp3) is 0.368. The Hall–Kier alpha value is -2.68. The van der Waals surface area contributed by atoms with Crippen LogP contribution >= 0.6 is 15.9 Å². The number of anilines is 1. The lowest BCUT2D eigenvalue weighted by Crippen LogP contribution is -2.41. The topological polar surface area (TPSA) is 93.7 Å². The number of hydrogen-bond donors (Lipinski definition) is 1. The molecule has 1 amide bonds. The lowest BCUT2D eigenvalue weighted by atomic mass is 10.3. The number of rotatable bonds is 7. The normalized spacial score (nSPS) is 14.4. The summed E-state index contributed by atoms with van der Waals surface area (Å²) in [6.45, 7) is 1.85. The van der Waals surface area contributed by atoms with Gasteiger partial charge in [0.15, 0.2) is 11.5 Å². The minimum absolute atomic E-state index is 0.0584. The van der Waals surface area contributed by atoms with Crippen LogP contribution in [-0.4, -0.2) is 54.9 Å². The maximum absolute atomic E-state index is 12.3. The summed E-state index contributed by atoms with van der Waals surface area (Å²) in [6.07, 6.45) is 1.29. The van der Waals surface area contributed by atoms with Crippen LogP contribution in [0.15, 0.2) is 40.9 Å². The number of methoxy groups -OCH3 is 1. The molecule has 2 aromatic rings. The quantitative estimate of drug-likeness (QED) is 0.648. The SMILES string of the molecule is COC(=O)C(CNC(=O)c1ccc(N2CCCC2)nn1)Oc1ccc(Br)cc1. The first-order valence-corrected chi connectivity index (χ1v) is 9.73. The molecular weight excluding hydrogens is 428 g/mol. The van der Waals surface area contributed by atoms with E-state index in [0.717, 1.165) is 36.2 Å². The van der Waals surface area contributed by atoms with Crippen LogP contribution < -0.4 is 15.0 Å². The van der Waals surface area contributed by atoms with Crippen molar-refractivity contribution in [1.29, 1.82) is 0 Å². The standard InChI is InChI=1S/C19H21BrN4O4/c1-27-19(26)16(28-14-6-4-13(20)5-7-14)12-21-18(25)15-8-9-17(23-22-15)24-10-2-3-11-24/h4-9,16H,2-3,10-12H2,1H3,(H,21,25). The highest BCUT2D eigenvalue weighted by Gasteiger charge is 2.23. The van der Waals surface area contributed by atoms with Crippen LogP contribution in [0.3, 0.4) is 0 Å². The van der Waals surface area contributed by atoms with Crippen molar-refractivity contribution >= 4 is 33.6 Å². The predicted molar refractivity (Wildman–Crippen MR) is 106 cm³/mol. The number of benzene rings is 1. The third-order valence-corrected chi connectivity index (χ3v) is 4.85. The first-order chi connectivity index (χ1) is 13.6. The largest absolute Gasteiger partial charge is 0.477 e. The molecule has 9 heteroatoms. The van der Waals surface area contributed by atoms with Crippen molar-refractivity contribution in [3.05, 3.63) is 46.6 Å². The lowest BCUT2D eigenvalue weighted by Gasteiger charge is -2.18. The van der Waals surface area contributed by atoms with E-state index < -0.39 is 18.0 Å². The van der Waals surface area contributed by atoms with E-state index in [1.54, 1.807) is 36.4 Å². The summed E-state index contributed by atoms with van der Waals surface area (Å²) in [5.74, 6) is 0.232. The summed E-state index contributed by atoms with van der Waals surface area (Å²) in [4.78, 5) is 26.5. The van der Waals surface area contributed by atoms with Crippen LogP contribution in [0, 0.1) is 0 Å². The Morgan fingerprint density at radius 1 is 1.14 bits per heavy atom. The Kier molecular flexibility index (Phi) is 6.80. The Bertz CT molecular complexity index is 808. The van der Waals surface area contributed by atoms with Crippen molar-refractivity contribution in [2.24, 2.45) is 0 Å². The zero-order valence-electron chi connectivity index (χ0n) is 15.4. The van der Waals surface area contributed by atoms with Gasteiger partial charge in [0.1, 0.15) is 5.75 Å². The van der Waals surface area contributed by atoms with Gasteiger partial charge >= 0.3 is 5.97 Å². The van der Waals surface area contributed by atoms with E-state index in [9.17, 15) is 9.59 Å². The Morgan fingerprint density at radius 2 is 1.86 bits per heavy atom. The molecule has 0 spiro atoms. The molecule has 8 nitrogen and oxygen atoms in total. The van der Waals surface area contributed by atoms with E-state index in [2.05, 4.69) is 36.3 Å². The zero-order chi connectivity index (χ0) is 19.9. The summed E-state index contributed by atoms with van der Waals surface area (Å²) in [7, 11) is 1.27. The van der Waals surface area contributed by atoms with Gasteiger partial charge in [-0.05, 0) is 49.2 Å². The molecule has 3 rings (SSSR count). The summed E-state index contributed by atoms with van der Waals surface area (Å²) in [5.41, 5.74) is 0.176. The Balaban J connectivity index is 1.59. The number of nitrogens with zero attached hydrogens (tertiary/aromatic N) is 3. The molecule has 1 aliphatic rings. The van der Waals surface area contributed by atoms with E-state index in [-0.39, 0.29) is 12.2 Å². The molecule has 1 fully saturated rings. The van der Waals surface area contributed by atoms with Crippen molar-refractivity contribution in [1.82, 2.24) is 15.5 Å². The average molecular weight is 449 g/mol. The van der Waals surface area contributed by atoms with Gasteiger partial charge in [-0.15, -0.1) is 10.2 Å². The summed E-state index contributed by atoms with van der Waals surface area (Å²) < 4.78 is 11.3. The molecule has 1 N–H and O–H groups in total. The van der Waals surface area contributed by atoms with E-state index in [1.165, 1.54) is 7.11 Å². The maximum atomic E-state index is 12.3. The first-order valence-electron chi connectivity index (χ1n) is 8.94. The van der Waals surface area contributed by atoms with Crippen molar-refractivity contribution in [3.63, 3.8) is 0 Å². The fourth-order valence-electron chi connectivity index (χ4n) is 2.82. The molecule has 28 heavy (non-hydrogen) atoms. The van der Waals surface area contributed by atoms with Crippen LogP contribution in [0.1, 0.15) is 23.3 Å². The molecule has 1 aromatic heterocycles. The van der Waals surface area contributed by atoms with Crippen LogP contribution in [-0.2, 0) is 9.53 Å². The molecule has 1 aliphatic heterocycles. The number of ether oxygens (including phenoxy) is 2. The molecule has 0 radical (unpaired) electrons. The molecule has 0 aliphatic carbocycles. The molecule has 2 heterocycles. The van der Waals surface area contributed by atoms with E-state index >= 15 is 0 Å². The van der Waals surface area contributed by atoms with Gasteiger partial charge in [0.2, 0.25) is 6.10 Å². The minimum Gasteiger partial charge on any atom is -0.477 e. The number of hydrogen-bond acceptors (Lipinski definition) is 7. The van der Waals surface area contributed by atoms with Gasteiger partial charge in [-0.1, -0.05) is 15.9 Å². The van der Waals surface area contributed by atoms with Gasteiger partial charge in [0.05, 0.1) is 13.7 Å². The molecule has 1 aromatic carbocycles. The Labute approximate surface area is 171 Å². The third kappa shape index (κ3) is 5.19. The molecule has 0 bridgehead atoms. The number of esters is 1. The van der Waals surface area contributed by atoms with Gasteiger partial charge in [-0.25, -0.2) is 4.79 Å². The third-order valence-electron chi connectivity index (χ3n) is 4.32. The molecular formula is C19H21BrN4O4. The zero-order valence-corrected chi connectivity index (χ0v) is 17.0. The smallest absolute Gasteiger partial charge is 0.348 e. The fourth-order valence-corrected chi connectivity index (χ4v) is 3.08. The van der Waals surface area contributed by atoms with E-state index in [4.69, 9.17) is 9.47 Å². The van der Waals surface area contributed by atoms with Crippen LogP contribution in [0.5, 0.6) is 5.75 Å². The molecule has 0 saturated carbocycles. The minimum atomic E-state index is -0.980. The predicted octanol–water partition coefficient (Wildman–Crippen LogP) is 2.19. The van der Waals surface area contributed by atoms with Crippen LogP contribution in [0.25, 0.3) is 0 Å². The summed E-state index contributed by atoms with van der Waals surface area (Å²) >= 11 is 3.34. The molecule has 148 valence electrons. The summed E-state index contributed by atoms with van der Waals surface area (Å²) in [5, 5.41) is 10.8. The van der Waals surface area contributed by atoms with Crippen molar-refractivity contribution in [3.8, 4) is 5.75 Å². The number of halogens is 1. The number of aromatic nitrogens is 2. The highest BCUT2D eigenvalue weighted by molar-refractivity contribution is 9.10. The van der Waals surface area contributed by atoms with Gasteiger partial charge < -0.3 is 19.7 Å². The second-order valence-corrected chi connectivity index (χ2v) is 7.18. The van der Waals surface area contributed by atoms with E-state index in [0.29, 0.717) is 5.75 Å². The van der Waals surface area contributed by atoms with Crippen molar-refractivity contribution in [2.45, 2.75) is 18.9 Å². The number of nitrogens with one attached hydrogen (secondary N) is 1. The first kappa shape index (κ1) is 20.1. The number of carbonyl (C=O) groups excluding carboxylic acids is 2. The number of amides is 1. The molecule has 1 saturated heterocycles. The monoisotopic (exact) mass is 448 g/mol. The molecule has 1 unspecified atom stereocenters. The second kappa shape index (κ2) is 9.50. The highest BCUT2D eigenvalue weighted by Crippen LogP contribution is 2.18. The Morgan fingerprint density at radius 3 is 2.46 bits per heavy atom. The lowest BCUT2D eigenvalue weighted by molar-refractivity contribution is -0.148. The average Bonchev–Trinajstić information content (AvgIpc) is 3.26. The van der Waals surface area contributed by atoms with Gasteiger partial charge in [0, 0.05) is 17.6 Å². The molecule has 1 atom stereocenters. The number of carbonyl (C=O) groups is 2. The second-order valence-electron chi connectivity index (χ2n) is 6.26. The van der Waals surface area contributed by atoms with Crippen molar-refractivity contribution in [2.75, 3.05) is 31.6 Å². The van der Waals surface area contributed by atoms with Crippen molar-refractivity contribution < 1.29 is 19.1 Å². The highest BCUT2D eigenvalue weighted by atomic mass is 79.9. The summed E-state index contributed by atoms with van der Waals surface area (Å²) in [6, 6.07) is 10.4. The van der Waals surface area contributed by atoms with Gasteiger partial charge in [0.25, 0.3) is 5.91 Å². The van der Waals surface area contributed by atoms with Crippen LogP contribution in [0.4, 0.5) is 5.82 Å². The van der Waals surface area contributed by atoms with E-state index in [1.807, 2.05) is 0 Å². The van der Waals surface area contributed by atoms with Crippen LogP contribution in [0.2, 0.25) is 0 Å². The van der Waals surface area contributed by atoms with Gasteiger partial charge in [-0.2, -0.15) is 0 Å².